The number of hydrogen-bond acceptors (Lipinski definition) is 2. The predicted octanol–water partition coefficient (Wildman–Crippen LogP) is 3.48. The van der Waals surface area contributed by atoms with E-state index in [-0.39, 0.29) is 0 Å². The van der Waals surface area contributed by atoms with Gasteiger partial charge in [-0.15, -0.1) is 0 Å². The summed E-state index contributed by atoms with van der Waals surface area (Å²) in [6.07, 6.45) is 4.28. The molecule has 1 aromatic rings. The normalized spacial score (nSPS) is 28.3. The van der Waals surface area contributed by atoms with Crippen molar-refractivity contribution in [3.05, 3.63) is 34.3 Å². The van der Waals surface area contributed by atoms with E-state index < -0.39 is 5.60 Å². The van der Waals surface area contributed by atoms with Crippen LogP contribution in [0.2, 0.25) is 0 Å². The average Bonchev–Trinajstić information content (AvgIpc) is 2.31. The molecule has 0 heterocycles. The van der Waals surface area contributed by atoms with Gasteiger partial charge in [-0.2, -0.15) is 0 Å². The number of hydrogen-bond donors (Lipinski definition) is 2. The largest absolute Gasteiger partial charge is 0.389 e. The molecule has 18 heavy (non-hydrogen) atoms. The van der Waals surface area contributed by atoms with Crippen molar-refractivity contribution in [2.24, 2.45) is 5.92 Å². The fraction of sp³-hybridized carbons (Fsp3) is 0.600. The Kier molecular flexibility index (Phi) is 4.82. The molecule has 100 valence electrons. The molecular formula is C15H22BrNO. The first-order valence-corrected chi connectivity index (χ1v) is 7.54. The average molecular weight is 312 g/mol. The van der Waals surface area contributed by atoms with Crippen LogP contribution in [-0.4, -0.2) is 17.3 Å². The lowest BCUT2D eigenvalue weighted by Crippen LogP contribution is -2.43. The van der Waals surface area contributed by atoms with E-state index in [1.54, 1.807) is 0 Å². The van der Waals surface area contributed by atoms with E-state index in [2.05, 4.69) is 52.4 Å². The molecule has 0 aromatic heterocycles. The minimum absolute atomic E-state index is 0.493. The third-order valence-corrected chi connectivity index (χ3v) is 4.29. The Morgan fingerprint density at radius 2 is 2.11 bits per heavy atom. The molecule has 0 bridgehead atoms. The van der Waals surface area contributed by atoms with Crippen LogP contribution in [0.25, 0.3) is 0 Å². The van der Waals surface area contributed by atoms with Crippen molar-refractivity contribution < 1.29 is 5.11 Å². The molecule has 0 amide bonds. The molecule has 1 saturated carbocycles. The van der Waals surface area contributed by atoms with Gasteiger partial charge in [-0.05, 0) is 36.5 Å². The summed E-state index contributed by atoms with van der Waals surface area (Å²) in [5, 5.41) is 13.9. The van der Waals surface area contributed by atoms with Gasteiger partial charge in [0.1, 0.15) is 0 Å². The van der Waals surface area contributed by atoms with Crippen molar-refractivity contribution >= 4 is 15.9 Å². The minimum Gasteiger partial charge on any atom is -0.389 e. The first-order chi connectivity index (χ1) is 8.57. The van der Waals surface area contributed by atoms with Gasteiger partial charge < -0.3 is 10.4 Å². The van der Waals surface area contributed by atoms with Gasteiger partial charge in [0, 0.05) is 17.6 Å². The monoisotopic (exact) mass is 311 g/mol. The molecule has 1 fully saturated rings. The number of aliphatic hydroxyl groups is 1. The van der Waals surface area contributed by atoms with E-state index in [0.717, 1.165) is 30.3 Å². The highest BCUT2D eigenvalue weighted by atomic mass is 79.9. The zero-order valence-corrected chi connectivity index (χ0v) is 12.5. The minimum atomic E-state index is -0.493. The smallest absolute Gasteiger partial charge is 0.0774 e. The number of benzene rings is 1. The quantitative estimate of drug-likeness (QED) is 0.892. The van der Waals surface area contributed by atoms with Crippen molar-refractivity contribution in [1.29, 1.82) is 0 Å². The second kappa shape index (κ2) is 6.18. The summed E-state index contributed by atoms with van der Waals surface area (Å²) in [6.45, 7) is 3.76. The summed E-state index contributed by atoms with van der Waals surface area (Å²) < 4.78 is 1.10. The number of halogens is 1. The molecule has 2 unspecified atom stereocenters. The fourth-order valence-electron chi connectivity index (χ4n) is 2.83. The number of rotatable bonds is 4. The molecule has 2 nitrogen and oxygen atoms in total. The first kappa shape index (κ1) is 14.0. The van der Waals surface area contributed by atoms with Crippen LogP contribution in [-0.2, 0) is 6.54 Å². The molecule has 1 aromatic carbocycles. The Bertz CT molecular complexity index is 379. The van der Waals surface area contributed by atoms with Gasteiger partial charge in [0.25, 0.3) is 0 Å². The van der Waals surface area contributed by atoms with Gasteiger partial charge in [-0.3, -0.25) is 0 Å². The first-order valence-electron chi connectivity index (χ1n) is 6.75. The molecule has 0 spiro atoms. The lowest BCUT2D eigenvalue weighted by atomic mass is 9.79. The molecule has 1 aliphatic carbocycles. The molecular weight excluding hydrogens is 290 g/mol. The third-order valence-electron chi connectivity index (χ3n) is 3.76. The van der Waals surface area contributed by atoms with Gasteiger partial charge in [-0.25, -0.2) is 0 Å². The van der Waals surface area contributed by atoms with Crippen LogP contribution in [0.3, 0.4) is 0 Å². The van der Waals surface area contributed by atoms with Crippen molar-refractivity contribution in [2.75, 3.05) is 6.54 Å². The van der Waals surface area contributed by atoms with Crippen LogP contribution in [0.1, 0.15) is 38.2 Å². The van der Waals surface area contributed by atoms with E-state index in [9.17, 15) is 5.11 Å². The van der Waals surface area contributed by atoms with Gasteiger partial charge in [0.2, 0.25) is 0 Å². The summed E-state index contributed by atoms with van der Waals surface area (Å²) >= 11 is 3.43. The second-order valence-corrected chi connectivity index (χ2v) is 6.57. The molecule has 2 N–H and O–H groups in total. The molecule has 0 radical (unpaired) electrons. The molecule has 2 rings (SSSR count). The zero-order valence-electron chi connectivity index (χ0n) is 11.0. The van der Waals surface area contributed by atoms with Crippen LogP contribution in [0.5, 0.6) is 0 Å². The Morgan fingerprint density at radius 3 is 2.78 bits per heavy atom. The van der Waals surface area contributed by atoms with E-state index in [4.69, 9.17) is 0 Å². The maximum absolute atomic E-state index is 10.5. The topological polar surface area (TPSA) is 32.3 Å². The fourth-order valence-corrected chi connectivity index (χ4v) is 3.10. The van der Waals surface area contributed by atoms with Crippen molar-refractivity contribution in [2.45, 2.75) is 44.8 Å². The highest BCUT2D eigenvalue weighted by molar-refractivity contribution is 9.10. The highest BCUT2D eigenvalue weighted by Gasteiger charge is 2.31. The van der Waals surface area contributed by atoms with Crippen LogP contribution in [0.4, 0.5) is 0 Å². The Hall–Kier alpha value is -0.380. The van der Waals surface area contributed by atoms with Crippen molar-refractivity contribution in [3.63, 3.8) is 0 Å². The second-order valence-electron chi connectivity index (χ2n) is 5.66. The van der Waals surface area contributed by atoms with E-state index in [1.807, 2.05) is 0 Å². The lowest BCUT2D eigenvalue weighted by molar-refractivity contribution is -0.0119. The summed E-state index contributed by atoms with van der Waals surface area (Å²) in [6, 6.07) is 8.30. The van der Waals surface area contributed by atoms with Crippen LogP contribution >= 0.6 is 15.9 Å². The van der Waals surface area contributed by atoms with Gasteiger partial charge >= 0.3 is 0 Å². The highest BCUT2D eigenvalue weighted by Crippen LogP contribution is 2.31. The predicted molar refractivity (Wildman–Crippen MR) is 78.4 cm³/mol. The molecule has 2 atom stereocenters. The molecule has 1 aliphatic rings. The SMILES string of the molecule is CC1CCCC(O)(CNCc2ccc(Br)cc2)C1. The maximum atomic E-state index is 10.5. The number of nitrogens with one attached hydrogen (secondary N) is 1. The summed E-state index contributed by atoms with van der Waals surface area (Å²) in [7, 11) is 0. The van der Waals surface area contributed by atoms with Crippen molar-refractivity contribution in [3.8, 4) is 0 Å². The van der Waals surface area contributed by atoms with Crippen LogP contribution < -0.4 is 5.32 Å². The van der Waals surface area contributed by atoms with Gasteiger partial charge in [0.05, 0.1) is 5.60 Å². The zero-order chi connectivity index (χ0) is 13.0. The summed E-state index contributed by atoms with van der Waals surface area (Å²) in [4.78, 5) is 0. The van der Waals surface area contributed by atoms with Gasteiger partial charge in [0.15, 0.2) is 0 Å². The molecule has 0 saturated heterocycles. The maximum Gasteiger partial charge on any atom is 0.0774 e. The van der Waals surface area contributed by atoms with E-state index >= 15 is 0 Å². The Labute approximate surface area is 118 Å². The van der Waals surface area contributed by atoms with E-state index in [1.165, 1.54) is 12.0 Å². The standard InChI is InChI=1S/C15H22BrNO/c1-12-3-2-8-15(18,9-12)11-17-10-13-4-6-14(16)7-5-13/h4-7,12,17-18H,2-3,8-11H2,1H3. The van der Waals surface area contributed by atoms with E-state index in [0.29, 0.717) is 12.5 Å². The van der Waals surface area contributed by atoms with Gasteiger partial charge in [-0.1, -0.05) is 47.8 Å². The lowest BCUT2D eigenvalue weighted by Gasteiger charge is -2.35. The third kappa shape index (κ3) is 4.08. The molecule has 0 aliphatic heterocycles. The Morgan fingerprint density at radius 1 is 1.39 bits per heavy atom. The summed E-state index contributed by atoms with van der Waals surface area (Å²) in [5.41, 5.74) is 0.762. The summed E-state index contributed by atoms with van der Waals surface area (Å²) in [5.74, 6) is 0.651. The van der Waals surface area contributed by atoms with Crippen LogP contribution in [0, 0.1) is 5.92 Å². The van der Waals surface area contributed by atoms with Crippen molar-refractivity contribution in [1.82, 2.24) is 5.32 Å². The molecule has 3 heteroatoms. The Balaban J connectivity index is 1.79. The van der Waals surface area contributed by atoms with Crippen LogP contribution in [0.15, 0.2) is 28.7 Å².